The van der Waals surface area contributed by atoms with Crippen LogP contribution in [0.25, 0.3) is 0 Å². The van der Waals surface area contributed by atoms with Gasteiger partial charge in [-0.1, -0.05) is 63.9 Å². The van der Waals surface area contributed by atoms with Crippen LogP contribution in [0, 0.1) is 23.2 Å². The van der Waals surface area contributed by atoms with E-state index in [1.165, 1.54) is 12.0 Å². The highest BCUT2D eigenvalue weighted by Crippen LogP contribution is 2.23. The van der Waals surface area contributed by atoms with E-state index in [1.54, 1.807) is 0 Å². The molecule has 2 nitrogen and oxygen atoms in total. The van der Waals surface area contributed by atoms with E-state index in [1.807, 2.05) is 0 Å². The van der Waals surface area contributed by atoms with Crippen LogP contribution >= 0.6 is 0 Å². The molecule has 1 rings (SSSR count). The minimum Gasteiger partial charge on any atom is -0.393 e. The molecule has 0 spiro atoms. The standard InChI is InChI=1S/C20H31NO/c1-16(2)19(15-21)13-14-20(22)12-8-7-9-17(3)18-10-5-4-6-11-18/h4-6,10-11,16-17,19-20,22H,7-9,12-14H2,1-3H3. The average molecular weight is 301 g/mol. The van der Waals surface area contributed by atoms with Crippen molar-refractivity contribution in [1.29, 1.82) is 5.26 Å². The molecule has 0 saturated carbocycles. The topological polar surface area (TPSA) is 44.0 Å². The fraction of sp³-hybridized carbons (Fsp3) is 0.650. The molecule has 0 bridgehead atoms. The summed E-state index contributed by atoms with van der Waals surface area (Å²) < 4.78 is 0. The van der Waals surface area contributed by atoms with Crippen LogP contribution in [0.5, 0.6) is 0 Å². The zero-order valence-electron chi connectivity index (χ0n) is 14.3. The van der Waals surface area contributed by atoms with Gasteiger partial charge in [-0.25, -0.2) is 0 Å². The summed E-state index contributed by atoms with van der Waals surface area (Å²) in [6, 6.07) is 13.0. The molecular weight excluding hydrogens is 270 g/mol. The van der Waals surface area contributed by atoms with Crippen LogP contribution < -0.4 is 0 Å². The number of benzene rings is 1. The maximum atomic E-state index is 10.0. The normalized spacial score (nSPS) is 15.3. The maximum Gasteiger partial charge on any atom is 0.0658 e. The van der Waals surface area contributed by atoms with Crippen LogP contribution in [0.15, 0.2) is 30.3 Å². The van der Waals surface area contributed by atoms with Crippen molar-refractivity contribution >= 4 is 0 Å². The zero-order chi connectivity index (χ0) is 16.4. The van der Waals surface area contributed by atoms with E-state index in [-0.39, 0.29) is 12.0 Å². The first-order valence-electron chi connectivity index (χ1n) is 8.67. The Morgan fingerprint density at radius 3 is 2.18 bits per heavy atom. The van der Waals surface area contributed by atoms with Crippen molar-refractivity contribution in [2.75, 3.05) is 0 Å². The second-order valence-corrected chi connectivity index (χ2v) is 6.81. The van der Waals surface area contributed by atoms with E-state index >= 15 is 0 Å². The van der Waals surface area contributed by atoms with Gasteiger partial charge in [0.15, 0.2) is 0 Å². The molecular formula is C20H31NO. The number of unbranched alkanes of at least 4 members (excludes halogenated alkanes) is 1. The maximum absolute atomic E-state index is 10.0. The van der Waals surface area contributed by atoms with Gasteiger partial charge in [-0.15, -0.1) is 0 Å². The smallest absolute Gasteiger partial charge is 0.0658 e. The molecule has 1 aromatic carbocycles. The van der Waals surface area contributed by atoms with Gasteiger partial charge in [0.1, 0.15) is 0 Å². The summed E-state index contributed by atoms with van der Waals surface area (Å²) in [4.78, 5) is 0. The van der Waals surface area contributed by atoms with Crippen LogP contribution in [-0.4, -0.2) is 11.2 Å². The lowest BCUT2D eigenvalue weighted by atomic mass is 9.90. The Morgan fingerprint density at radius 2 is 1.59 bits per heavy atom. The van der Waals surface area contributed by atoms with Gasteiger partial charge in [-0.05, 0) is 43.1 Å². The molecule has 0 aliphatic heterocycles. The predicted molar refractivity (Wildman–Crippen MR) is 92.5 cm³/mol. The molecule has 0 saturated heterocycles. The minimum atomic E-state index is -0.248. The Labute approximate surface area is 136 Å². The lowest BCUT2D eigenvalue weighted by Gasteiger charge is -2.16. The van der Waals surface area contributed by atoms with Crippen LogP contribution in [0.1, 0.15) is 70.8 Å². The van der Waals surface area contributed by atoms with Crippen molar-refractivity contribution in [3.63, 3.8) is 0 Å². The monoisotopic (exact) mass is 301 g/mol. The van der Waals surface area contributed by atoms with E-state index in [2.05, 4.69) is 57.2 Å². The second kappa shape index (κ2) is 10.4. The van der Waals surface area contributed by atoms with E-state index in [0.717, 1.165) is 32.1 Å². The Bertz CT molecular complexity index is 435. The molecule has 122 valence electrons. The molecule has 22 heavy (non-hydrogen) atoms. The fourth-order valence-corrected chi connectivity index (χ4v) is 2.84. The van der Waals surface area contributed by atoms with Crippen LogP contribution in [0.2, 0.25) is 0 Å². The summed E-state index contributed by atoms with van der Waals surface area (Å²) in [5.41, 5.74) is 1.40. The summed E-state index contributed by atoms with van der Waals surface area (Å²) in [7, 11) is 0. The van der Waals surface area contributed by atoms with Crippen molar-refractivity contribution in [2.24, 2.45) is 11.8 Å². The quantitative estimate of drug-likeness (QED) is 0.597. The first-order valence-corrected chi connectivity index (χ1v) is 8.67. The molecule has 2 heteroatoms. The zero-order valence-corrected chi connectivity index (χ0v) is 14.3. The first-order chi connectivity index (χ1) is 10.5. The lowest BCUT2D eigenvalue weighted by molar-refractivity contribution is 0.141. The summed E-state index contributed by atoms with van der Waals surface area (Å²) >= 11 is 0. The van der Waals surface area contributed by atoms with Crippen molar-refractivity contribution in [3.8, 4) is 6.07 Å². The number of rotatable bonds is 10. The van der Waals surface area contributed by atoms with Crippen LogP contribution in [0.3, 0.4) is 0 Å². The molecule has 3 atom stereocenters. The molecule has 0 amide bonds. The Kier molecular flexibility index (Phi) is 8.85. The van der Waals surface area contributed by atoms with E-state index in [0.29, 0.717) is 11.8 Å². The third-order valence-corrected chi connectivity index (χ3v) is 4.57. The summed E-state index contributed by atoms with van der Waals surface area (Å²) in [5.74, 6) is 1.04. The van der Waals surface area contributed by atoms with E-state index < -0.39 is 0 Å². The molecule has 0 radical (unpaired) electrons. The number of aliphatic hydroxyl groups is 1. The number of hydrogen-bond donors (Lipinski definition) is 1. The number of nitriles is 1. The van der Waals surface area contributed by atoms with Gasteiger partial charge in [0.05, 0.1) is 12.2 Å². The Hall–Kier alpha value is -1.33. The number of aliphatic hydroxyl groups excluding tert-OH is 1. The largest absolute Gasteiger partial charge is 0.393 e. The van der Waals surface area contributed by atoms with Crippen molar-refractivity contribution < 1.29 is 5.11 Å². The molecule has 1 aromatic rings. The van der Waals surface area contributed by atoms with E-state index in [9.17, 15) is 5.11 Å². The first kappa shape index (κ1) is 18.7. The summed E-state index contributed by atoms with van der Waals surface area (Å²) in [6.45, 7) is 6.42. The van der Waals surface area contributed by atoms with Crippen LogP contribution in [0.4, 0.5) is 0 Å². The molecule has 0 aliphatic rings. The summed E-state index contributed by atoms with van der Waals surface area (Å²) in [6.07, 6.45) is 5.57. The molecule has 0 aromatic heterocycles. The van der Waals surface area contributed by atoms with Crippen molar-refractivity contribution in [1.82, 2.24) is 0 Å². The third kappa shape index (κ3) is 7.09. The summed E-state index contributed by atoms with van der Waals surface area (Å²) in [5, 5.41) is 19.1. The van der Waals surface area contributed by atoms with E-state index in [4.69, 9.17) is 5.26 Å². The van der Waals surface area contributed by atoms with Crippen molar-refractivity contribution in [2.45, 2.75) is 71.3 Å². The van der Waals surface area contributed by atoms with Gasteiger partial charge < -0.3 is 5.11 Å². The minimum absolute atomic E-state index is 0.0766. The lowest BCUT2D eigenvalue weighted by Crippen LogP contribution is -2.12. The van der Waals surface area contributed by atoms with Gasteiger partial charge in [0, 0.05) is 5.92 Å². The molecule has 1 N–H and O–H groups in total. The number of nitrogens with zero attached hydrogens (tertiary/aromatic N) is 1. The Morgan fingerprint density at radius 1 is 0.955 bits per heavy atom. The van der Waals surface area contributed by atoms with Crippen LogP contribution in [-0.2, 0) is 0 Å². The van der Waals surface area contributed by atoms with Gasteiger partial charge in [-0.2, -0.15) is 5.26 Å². The van der Waals surface area contributed by atoms with Gasteiger partial charge in [-0.3, -0.25) is 0 Å². The fourth-order valence-electron chi connectivity index (χ4n) is 2.84. The van der Waals surface area contributed by atoms with Gasteiger partial charge in [0.2, 0.25) is 0 Å². The molecule has 3 unspecified atom stereocenters. The number of hydrogen-bond acceptors (Lipinski definition) is 2. The SMILES string of the molecule is CC(CCCCC(O)CCC(C#N)C(C)C)c1ccccc1. The molecule has 0 aliphatic carbocycles. The Balaban J connectivity index is 2.15. The van der Waals surface area contributed by atoms with Gasteiger partial charge >= 0.3 is 0 Å². The highest BCUT2D eigenvalue weighted by molar-refractivity contribution is 5.18. The predicted octanol–water partition coefficient (Wildman–Crippen LogP) is 5.29. The molecule has 0 heterocycles. The molecule has 0 fully saturated rings. The third-order valence-electron chi connectivity index (χ3n) is 4.57. The second-order valence-electron chi connectivity index (χ2n) is 6.81. The highest BCUT2D eigenvalue weighted by atomic mass is 16.3. The highest BCUT2D eigenvalue weighted by Gasteiger charge is 2.14. The average Bonchev–Trinajstić information content (AvgIpc) is 2.52. The van der Waals surface area contributed by atoms with Crippen molar-refractivity contribution in [3.05, 3.63) is 35.9 Å². The van der Waals surface area contributed by atoms with Gasteiger partial charge in [0.25, 0.3) is 0 Å².